The molecule has 15 heavy (non-hydrogen) atoms. The Balaban J connectivity index is 2.00. The maximum atomic E-state index is 11.4. The minimum atomic E-state index is 0.123. The molecule has 0 saturated heterocycles. The maximum absolute atomic E-state index is 11.4. The van der Waals surface area contributed by atoms with E-state index in [1.54, 1.807) is 0 Å². The van der Waals surface area contributed by atoms with E-state index in [9.17, 15) is 4.79 Å². The van der Waals surface area contributed by atoms with E-state index in [1.165, 1.54) is 6.42 Å². The van der Waals surface area contributed by atoms with Crippen molar-refractivity contribution in [3.8, 4) is 0 Å². The van der Waals surface area contributed by atoms with Crippen molar-refractivity contribution in [3.63, 3.8) is 0 Å². The van der Waals surface area contributed by atoms with Crippen LogP contribution in [0.2, 0.25) is 0 Å². The van der Waals surface area contributed by atoms with Gasteiger partial charge < -0.3 is 10.6 Å². The van der Waals surface area contributed by atoms with Crippen LogP contribution in [0.1, 0.15) is 40.5 Å². The molecule has 0 bridgehead atoms. The second kappa shape index (κ2) is 4.97. The van der Waals surface area contributed by atoms with E-state index in [4.69, 9.17) is 0 Å². The van der Waals surface area contributed by atoms with Crippen molar-refractivity contribution in [1.82, 2.24) is 10.6 Å². The fourth-order valence-corrected chi connectivity index (χ4v) is 1.59. The Bertz CT molecular complexity index is 224. The predicted molar refractivity (Wildman–Crippen MR) is 62.7 cm³/mol. The molecular weight excluding hydrogens is 188 g/mol. The molecule has 0 aromatic carbocycles. The van der Waals surface area contributed by atoms with Crippen LogP contribution in [0.4, 0.5) is 0 Å². The molecule has 3 nitrogen and oxygen atoms in total. The molecule has 0 radical (unpaired) electrons. The van der Waals surface area contributed by atoms with Gasteiger partial charge in [0, 0.05) is 12.6 Å². The van der Waals surface area contributed by atoms with E-state index in [2.05, 4.69) is 38.3 Å². The molecule has 1 fully saturated rings. The first kappa shape index (κ1) is 12.5. The second-order valence-electron chi connectivity index (χ2n) is 5.66. The van der Waals surface area contributed by atoms with Crippen LogP contribution >= 0.6 is 0 Å². The van der Waals surface area contributed by atoms with Crippen molar-refractivity contribution in [1.29, 1.82) is 0 Å². The van der Waals surface area contributed by atoms with Crippen molar-refractivity contribution in [2.45, 2.75) is 46.6 Å². The Kier molecular flexibility index (Phi) is 4.14. The third-order valence-corrected chi connectivity index (χ3v) is 3.07. The lowest BCUT2D eigenvalue weighted by Gasteiger charge is -2.08. The van der Waals surface area contributed by atoms with E-state index in [0.717, 1.165) is 13.0 Å². The summed E-state index contributed by atoms with van der Waals surface area (Å²) in [4.78, 5) is 11.4. The first-order valence-electron chi connectivity index (χ1n) is 5.92. The summed E-state index contributed by atoms with van der Waals surface area (Å²) in [6.45, 7) is 10.0. The third-order valence-electron chi connectivity index (χ3n) is 3.07. The molecule has 1 aliphatic carbocycles. The summed E-state index contributed by atoms with van der Waals surface area (Å²) < 4.78 is 0. The van der Waals surface area contributed by atoms with E-state index >= 15 is 0 Å². The average Bonchev–Trinajstić information content (AvgIpc) is 2.70. The number of carbonyl (C=O) groups is 1. The smallest absolute Gasteiger partial charge is 0.233 e. The molecule has 1 aliphatic rings. The van der Waals surface area contributed by atoms with Gasteiger partial charge in [0.05, 0.1) is 6.54 Å². The van der Waals surface area contributed by atoms with Crippen LogP contribution in [0, 0.1) is 11.3 Å². The molecule has 88 valence electrons. The third kappa shape index (κ3) is 4.65. The Morgan fingerprint density at radius 3 is 2.53 bits per heavy atom. The largest absolute Gasteiger partial charge is 0.355 e. The van der Waals surface area contributed by atoms with Gasteiger partial charge in [0.1, 0.15) is 0 Å². The highest BCUT2D eigenvalue weighted by Gasteiger charge is 2.45. The molecule has 3 heteroatoms. The first-order valence-corrected chi connectivity index (χ1v) is 5.92. The highest BCUT2D eigenvalue weighted by Crippen LogP contribution is 2.44. The van der Waals surface area contributed by atoms with Gasteiger partial charge in [-0.2, -0.15) is 0 Å². The van der Waals surface area contributed by atoms with Crippen molar-refractivity contribution in [2.75, 3.05) is 13.1 Å². The molecule has 0 aromatic rings. The zero-order valence-corrected chi connectivity index (χ0v) is 10.4. The van der Waals surface area contributed by atoms with Crippen LogP contribution in [0.5, 0.6) is 0 Å². The fourth-order valence-electron chi connectivity index (χ4n) is 1.59. The minimum Gasteiger partial charge on any atom is -0.355 e. The Labute approximate surface area is 93.0 Å². The summed E-state index contributed by atoms with van der Waals surface area (Å²) >= 11 is 0. The summed E-state index contributed by atoms with van der Waals surface area (Å²) in [5, 5.41) is 6.20. The van der Waals surface area contributed by atoms with Gasteiger partial charge in [-0.1, -0.05) is 27.7 Å². The predicted octanol–water partition coefficient (Wildman–Crippen LogP) is 1.54. The van der Waals surface area contributed by atoms with Gasteiger partial charge in [-0.15, -0.1) is 0 Å². The topological polar surface area (TPSA) is 41.1 Å². The Morgan fingerprint density at radius 2 is 2.07 bits per heavy atom. The van der Waals surface area contributed by atoms with Crippen molar-refractivity contribution < 1.29 is 4.79 Å². The van der Waals surface area contributed by atoms with Crippen LogP contribution in [-0.4, -0.2) is 25.0 Å². The van der Waals surface area contributed by atoms with Crippen LogP contribution < -0.4 is 10.6 Å². The van der Waals surface area contributed by atoms with Crippen LogP contribution in [0.3, 0.4) is 0 Å². The molecule has 0 aliphatic heterocycles. The van der Waals surface area contributed by atoms with Crippen LogP contribution in [-0.2, 0) is 4.79 Å². The Hall–Kier alpha value is -0.570. The zero-order valence-electron chi connectivity index (χ0n) is 10.4. The van der Waals surface area contributed by atoms with E-state index < -0.39 is 0 Å². The number of nitrogens with one attached hydrogen (secondary N) is 2. The lowest BCUT2D eigenvalue weighted by Crippen LogP contribution is -2.36. The summed E-state index contributed by atoms with van der Waals surface area (Å²) in [6, 6.07) is 0.536. The molecule has 0 heterocycles. The molecular formula is C12H24N2O. The zero-order chi connectivity index (χ0) is 11.5. The highest BCUT2D eigenvalue weighted by atomic mass is 16.1. The lowest BCUT2D eigenvalue weighted by atomic mass is 10.1. The van der Waals surface area contributed by atoms with Gasteiger partial charge in [-0.05, 0) is 24.2 Å². The maximum Gasteiger partial charge on any atom is 0.233 e. The highest BCUT2D eigenvalue weighted by molar-refractivity contribution is 5.78. The molecule has 2 N–H and O–H groups in total. The summed E-state index contributed by atoms with van der Waals surface area (Å²) in [5.74, 6) is 0.777. The van der Waals surface area contributed by atoms with E-state index in [-0.39, 0.29) is 5.91 Å². The van der Waals surface area contributed by atoms with Crippen LogP contribution in [0.15, 0.2) is 0 Å². The van der Waals surface area contributed by atoms with Gasteiger partial charge in [0.15, 0.2) is 0 Å². The molecule has 0 spiro atoms. The van der Waals surface area contributed by atoms with E-state index in [1.807, 2.05) is 0 Å². The van der Waals surface area contributed by atoms with E-state index in [0.29, 0.717) is 23.9 Å². The standard InChI is InChI=1S/C12H24N2O/c1-9(2)5-6-13-11(15)8-14-10-7-12(10,3)4/h9-10,14H,5-8H2,1-4H3,(H,13,15). The van der Waals surface area contributed by atoms with Crippen molar-refractivity contribution in [2.24, 2.45) is 11.3 Å². The number of hydrogen-bond acceptors (Lipinski definition) is 2. The molecule has 1 unspecified atom stereocenters. The lowest BCUT2D eigenvalue weighted by molar-refractivity contribution is -0.120. The van der Waals surface area contributed by atoms with Gasteiger partial charge in [-0.25, -0.2) is 0 Å². The minimum absolute atomic E-state index is 0.123. The molecule has 1 rings (SSSR count). The quantitative estimate of drug-likeness (QED) is 0.701. The van der Waals surface area contributed by atoms with Crippen molar-refractivity contribution in [3.05, 3.63) is 0 Å². The average molecular weight is 212 g/mol. The number of carbonyl (C=O) groups excluding carboxylic acids is 1. The van der Waals surface area contributed by atoms with Gasteiger partial charge in [-0.3, -0.25) is 4.79 Å². The SMILES string of the molecule is CC(C)CCNC(=O)CNC1CC1(C)C. The Morgan fingerprint density at radius 1 is 1.47 bits per heavy atom. The van der Waals surface area contributed by atoms with Gasteiger partial charge in [0.25, 0.3) is 0 Å². The summed E-state index contributed by atoms with van der Waals surface area (Å²) in [5.41, 5.74) is 0.401. The normalized spacial score (nSPS) is 22.9. The molecule has 1 saturated carbocycles. The molecule has 0 aromatic heterocycles. The van der Waals surface area contributed by atoms with Crippen molar-refractivity contribution >= 4 is 5.91 Å². The number of amides is 1. The molecule has 1 amide bonds. The number of rotatable bonds is 6. The number of hydrogen-bond donors (Lipinski definition) is 2. The van der Waals surface area contributed by atoms with Crippen LogP contribution in [0.25, 0.3) is 0 Å². The monoisotopic (exact) mass is 212 g/mol. The summed E-state index contributed by atoms with van der Waals surface area (Å²) in [7, 11) is 0. The molecule has 1 atom stereocenters. The first-order chi connectivity index (χ1) is 6.92. The summed E-state index contributed by atoms with van der Waals surface area (Å²) in [6.07, 6.45) is 2.24. The van der Waals surface area contributed by atoms with Gasteiger partial charge >= 0.3 is 0 Å². The fraction of sp³-hybridized carbons (Fsp3) is 0.917. The van der Waals surface area contributed by atoms with Gasteiger partial charge in [0.2, 0.25) is 5.91 Å². The second-order valence-corrected chi connectivity index (χ2v) is 5.66.